The summed E-state index contributed by atoms with van der Waals surface area (Å²) in [6.07, 6.45) is 7.82. The fraction of sp³-hybridized carbons (Fsp3) is 1.00. The van der Waals surface area contributed by atoms with Gasteiger partial charge in [0.05, 0.1) is 0 Å². The Labute approximate surface area is 98.2 Å². The molecule has 3 heteroatoms. The second-order valence-corrected chi connectivity index (χ2v) is 5.97. The third kappa shape index (κ3) is 4.33. The molecule has 2 rings (SSSR count). The molecule has 1 unspecified atom stereocenters. The summed E-state index contributed by atoms with van der Waals surface area (Å²) in [5, 5.41) is 3.66. The SMILES string of the molecule is CSCCCN1CCC(CNC2CC2)C1. The molecule has 1 N–H and O–H groups in total. The van der Waals surface area contributed by atoms with Crippen LogP contribution >= 0.6 is 11.8 Å². The molecule has 1 heterocycles. The molecule has 2 nitrogen and oxygen atoms in total. The monoisotopic (exact) mass is 228 g/mol. The molecule has 1 saturated heterocycles. The molecule has 0 aromatic rings. The molecule has 1 aliphatic heterocycles. The number of nitrogens with zero attached hydrogens (tertiary/aromatic N) is 1. The van der Waals surface area contributed by atoms with Gasteiger partial charge in [-0.15, -0.1) is 0 Å². The van der Waals surface area contributed by atoms with Crippen molar-refractivity contribution in [2.24, 2.45) is 5.92 Å². The molecule has 0 aromatic heterocycles. The van der Waals surface area contributed by atoms with Gasteiger partial charge in [-0.25, -0.2) is 0 Å². The van der Waals surface area contributed by atoms with Crippen molar-refractivity contribution in [3.8, 4) is 0 Å². The minimum atomic E-state index is 0.885. The van der Waals surface area contributed by atoms with Gasteiger partial charge in [-0.1, -0.05) is 0 Å². The van der Waals surface area contributed by atoms with E-state index in [-0.39, 0.29) is 0 Å². The van der Waals surface area contributed by atoms with E-state index in [1.165, 1.54) is 57.6 Å². The Morgan fingerprint density at radius 2 is 2.20 bits per heavy atom. The molecule has 0 bridgehead atoms. The van der Waals surface area contributed by atoms with Crippen LogP contribution in [0.25, 0.3) is 0 Å². The van der Waals surface area contributed by atoms with E-state index in [2.05, 4.69) is 16.5 Å². The largest absolute Gasteiger partial charge is 0.314 e. The molecular weight excluding hydrogens is 204 g/mol. The first-order chi connectivity index (χ1) is 7.38. The van der Waals surface area contributed by atoms with Gasteiger partial charge in [0.2, 0.25) is 0 Å². The van der Waals surface area contributed by atoms with Crippen LogP contribution in [-0.2, 0) is 0 Å². The number of rotatable bonds is 7. The van der Waals surface area contributed by atoms with E-state index in [0.29, 0.717) is 0 Å². The molecule has 1 atom stereocenters. The summed E-state index contributed by atoms with van der Waals surface area (Å²) in [6, 6.07) is 0.885. The zero-order chi connectivity index (χ0) is 10.5. The Morgan fingerprint density at radius 1 is 1.33 bits per heavy atom. The lowest BCUT2D eigenvalue weighted by molar-refractivity contribution is 0.323. The van der Waals surface area contributed by atoms with Crippen LogP contribution in [0.15, 0.2) is 0 Å². The first-order valence-corrected chi connectivity index (χ1v) is 7.72. The Hall–Kier alpha value is 0.270. The number of hydrogen-bond acceptors (Lipinski definition) is 3. The van der Waals surface area contributed by atoms with E-state index in [4.69, 9.17) is 0 Å². The molecular formula is C12H24N2S. The summed E-state index contributed by atoms with van der Waals surface area (Å²) in [4.78, 5) is 2.65. The molecule has 1 aliphatic carbocycles. The van der Waals surface area contributed by atoms with Crippen LogP contribution in [0, 0.1) is 5.92 Å². The molecule has 1 saturated carbocycles. The maximum absolute atomic E-state index is 3.66. The summed E-state index contributed by atoms with van der Waals surface area (Å²) in [7, 11) is 0. The maximum Gasteiger partial charge on any atom is 0.00683 e. The van der Waals surface area contributed by atoms with Crippen LogP contribution in [0.5, 0.6) is 0 Å². The molecule has 2 aliphatic rings. The van der Waals surface area contributed by atoms with E-state index < -0.39 is 0 Å². The summed E-state index contributed by atoms with van der Waals surface area (Å²) in [5.41, 5.74) is 0. The standard InChI is InChI=1S/C12H24N2S/c1-15-8-2-6-14-7-5-11(10-14)9-13-12-3-4-12/h11-13H,2-10H2,1H3. The van der Waals surface area contributed by atoms with Crippen LogP contribution in [0.2, 0.25) is 0 Å². The number of thioether (sulfide) groups is 1. The first kappa shape index (κ1) is 11.7. The summed E-state index contributed by atoms with van der Waals surface area (Å²) < 4.78 is 0. The van der Waals surface area contributed by atoms with Crippen LogP contribution in [0.3, 0.4) is 0 Å². The highest BCUT2D eigenvalue weighted by Crippen LogP contribution is 2.21. The third-order valence-corrected chi connectivity index (χ3v) is 4.16. The van der Waals surface area contributed by atoms with E-state index >= 15 is 0 Å². The van der Waals surface area contributed by atoms with Gasteiger partial charge in [0.1, 0.15) is 0 Å². The molecule has 2 fully saturated rings. The van der Waals surface area contributed by atoms with E-state index in [0.717, 1.165) is 12.0 Å². The fourth-order valence-corrected chi connectivity index (χ4v) is 2.75. The second-order valence-electron chi connectivity index (χ2n) is 4.98. The summed E-state index contributed by atoms with van der Waals surface area (Å²) >= 11 is 1.97. The topological polar surface area (TPSA) is 15.3 Å². The number of nitrogens with one attached hydrogen (secondary N) is 1. The van der Waals surface area contributed by atoms with Gasteiger partial charge >= 0.3 is 0 Å². The van der Waals surface area contributed by atoms with E-state index in [1.54, 1.807) is 0 Å². The van der Waals surface area contributed by atoms with Gasteiger partial charge in [0.25, 0.3) is 0 Å². The lowest BCUT2D eigenvalue weighted by atomic mass is 10.1. The van der Waals surface area contributed by atoms with Crippen molar-refractivity contribution in [1.29, 1.82) is 0 Å². The van der Waals surface area contributed by atoms with Crippen molar-refractivity contribution in [2.45, 2.75) is 31.7 Å². The summed E-state index contributed by atoms with van der Waals surface area (Å²) in [5.74, 6) is 2.25. The molecule has 15 heavy (non-hydrogen) atoms. The van der Waals surface area contributed by atoms with Gasteiger partial charge < -0.3 is 10.2 Å². The zero-order valence-corrected chi connectivity index (χ0v) is 10.7. The van der Waals surface area contributed by atoms with Gasteiger partial charge in [-0.2, -0.15) is 11.8 Å². The number of hydrogen-bond donors (Lipinski definition) is 1. The van der Waals surface area contributed by atoms with E-state index in [9.17, 15) is 0 Å². The Balaban J connectivity index is 1.52. The van der Waals surface area contributed by atoms with Gasteiger partial charge in [0, 0.05) is 12.6 Å². The predicted molar refractivity (Wildman–Crippen MR) is 68.6 cm³/mol. The van der Waals surface area contributed by atoms with Crippen molar-refractivity contribution in [3.63, 3.8) is 0 Å². The van der Waals surface area contributed by atoms with Crippen molar-refractivity contribution in [1.82, 2.24) is 10.2 Å². The van der Waals surface area contributed by atoms with Gasteiger partial charge in [0.15, 0.2) is 0 Å². The lowest BCUT2D eigenvalue weighted by Gasteiger charge is -2.15. The fourth-order valence-electron chi connectivity index (χ4n) is 2.34. The quantitative estimate of drug-likeness (QED) is 0.669. The van der Waals surface area contributed by atoms with Crippen molar-refractivity contribution in [2.75, 3.05) is 38.2 Å². The van der Waals surface area contributed by atoms with Crippen molar-refractivity contribution >= 4 is 11.8 Å². The molecule has 0 amide bonds. The van der Waals surface area contributed by atoms with Crippen molar-refractivity contribution < 1.29 is 0 Å². The van der Waals surface area contributed by atoms with Gasteiger partial charge in [-0.05, 0) is 63.2 Å². The second kappa shape index (κ2) is 6.12. The average Bonchev–Trinajstić information content (AvgIpc) is 2.97. The Morgan fingerprint density at radius 3 is 2.93 bits per heavy atom. The lowest BCUT2D eigenvalue weighted by Crippen LogP contribution is -2.28. The number of likely N-dealkylation sites (tertiary alicyclic amines) is 1. The van der Waals surface area contributed by atoms with Crippen LogP contribution in [0.4, 0.5) is 0 Å². The minimum absolute atomic E-state index is 0.885. The maximum atomic E-state index is 3.66. The molecule has 0 aromatic carbocycles. The van der Waals surface area contributed by atoms with Crippen LogP contribution < -0.4 is 5.32 Å². The van der Waals surface area contributed by atoms with E-state index in [1.807, 2.05) is 11.8 Å². The predicted octanol–water partition coefficient (Wildman–Crippen LogP) is 1.81. The molecule has 0 spiro atoms. The zero-order valence-electron chi connectivity index (χ0n) is 9.87. The average molecular weight is 228 g/mol. The van der Waals surface area contributed by atoms with Gasteiger partial charge in [-0.3, -0.25) is 0 Å². The Kier molecular flexibility index (Phi) is 4.79. The molecule has 88 valence electrons. The molecule has 0 radical (unpaired) electrons. The highest BCUT2D eigenvalue weighted by atomic mass is 32.2. The van der Waals surface area contributed by atoms with Crippen LogP contribution in [0.1, 0.15) is 25.7 Å². The third-order valence-electron chi connectivity index (χ3n) is 3.47. The van der Waals surface area contributed by atoms with Crippen LogP contribution in [-0.4, -0.2) is 49.1 Å². The summed E-state index contributed by atoms with van der Waals surface area (Å²) in [6.45, 7) is 5.27. The Bertz CT molecular complexity index is 182. The van der Waals surface area contributed by atoms with Crippen molar-refractivity contribution in [3.05, 3.63) is 0 Å². The smallest absolute Gasteiger partial charge is 0.00683 e. The normalized spacial score (nSPS) is 27.4. The first-order valence-electron chi connectivity index (χ1n) is 6.33. The highest BCUT2D eigenvalue weighted by Gasteiger charge is 2.25. The minimum Gasteiger partial charge on any atom is -0.314 e. The highest BCUT2D eigenvalue weighted by molar-refractivity contribution is 7.98.